The predicted molar refractivity (Wildman–Crippen MR) is 79.3 cm³/mol. The number of alkyl halides is 3. The molecule has 0 unspecified atom stereocenters. The van der Waals surface area contributed by atoms with Crippen molar-refractivity contribution in [2.75, 3.05) is 25.7 Å². The van der Waals surface area contributed by atoms with Gasteiger partial charge in [-0.3, -0.25) is 0 Å². The van der Waals surface area contributed by atoms with E-state index in [9.17, 15) is 13.2 Å². The molecular weight excluding hydrogens is 311 g/mol. The van der Waals surface area contributed by atoms with Gasteiger partial charge < -0.3 is 14.4 Å². The molecule has 0 radical (unpaired) electrons. The lowest BCUT2D eigenvalue weighted by Crippen LogP contribution is -2.19. The highest BCUT2D eigenvalue weighted by atomic mass is 19.4. The maximum atomic E-state index is 13.2. The molecule has 0 aliphatic carbocycles. The van der Waals surface area contributed by atoms with Crippen molar-refractivity contribution in [3.63, 3.8) is 0 Å². The highest BCUT2D eigenvalue weighted by molar-refractivity contribution is 5.64. The Hall–Kier alpha value is -2.51. The average Bonchev–Trinajstić information content (AvgIpc) is 2.53. The smallest absolute Gasteiger partial charge is 0.421 e. The molecule has 124 valence electrons. The van der Waals surface area contributed by atoms with Crippen molar-refractivity contribution in [1.29, 1.82) is 0 Å². The Labute approximate surface area is 131 Å². The fourth-order valence-corrected chi connectivity index (χ4v) is 1.98. The second-order valence-corrected chi connectivity index (χ2v) is 4.58. The van der Waals surface area contributed by atoms with Gasteiger partial charge in [0.2, 0.25) is 0 Å². The van der Waals surface area contributed by atoms with Crippen LogP contribution >= 0.6 is 0 Å². The van der Waals surface area contributed by atoms with Gasteiger partial charge in [-0.2, -0.15) is 18.2 Å². The quantitative estimate of drug-likeness (QED) is 0.838. The molecule has 5 nitrogen and oxygen atoms in total. The minimum absolute atomic E-state index is 0.138. The zero-order valence-electron chi connectivity index (χ0n) is 12.9. The molecule has 1 aromatic carbocycles. The Balaban J connectivity index is 2.49. The van der Waals surface area contributed by atoms with E-state index in [-0.39, 0.29) is 11.8 Å². The van der Waals surface area contributed by atoms with Crippen LogP contribution in [-0.2, 0) is 6.18 Å². The number of nitrogens with zero attached hydrogens (tertiary/aromatic N) is 3. The number of rotatable bonds is 5. The van der Waals surface area contributed by atoms with E-state index in [1.807, 2.05) is 6.92 Å². The lowest BCUT2D eigenvalue weighted by Gasteiger charge is -2.22. The van der Waals surface area contributed by atoms with E-state index in [1.165, 1.54) is 19.1 Å². The van der Waals surface area contributed by atoms with Crippen LogP contribution < -0.4 is 14.4 Å². The molecule has 1 heterocycles. The van der Waals surface area contributed by atoms with Gasteiger partial charge in [0.15, 0.2) is 5.82 Å². The van der Waals surface area contributed by atoms with Crippen molar-refractivity contribution in [1.82, 2.24) is 9.97 Å². The van der Waals surface area contributed by atoms with Crippen LogP contribution in [0.3, 0.4) is 0 Å². The fraction of sp³-hybridized carbons (Fsp3) is 0.333. The summed E-state index contributed by atoms with van der Waals surface area (Å²) in [6.07, 6.45) is -3.86. The monoisotopic (exact) mass is 327 g/mol. The van der Waals surface area contributed by atoms with Crippen LogP contribution in [0.25, 0.3) is 0 Å². The number of ether oxygens (including phenoxy) is 2. The van der Waals surface area contributed by atoms with Crippen LogP contribution in [-0.4, -0.2) is 30.7 Å². The van der Waals surface area contributed by atoms with Gasteiger partial charge in [0.1, 0.15) is 11.3 Å². The molecule has 2 aromatic rings. The third-order valence-electron chi connectivity index (χ3n) is 3.07. The first-order chi connectivity index (χ1) is 10.9. The Morgan fingerprint density at radius 1 is 1.26 bits per heavy atom. The molecule has 2 rings (SSSR count). The van der Waals surface area contributed by atoms with Crippen molar-refractivity contribution in [2.45, 2.75) is 13.1 Å². The van der Waals surface area contributed by atoms with E-state index in [2.05, 4.69) is 9.97 Å². The summed E-state index contributed by atoms with van der Waals surface area (Å²) in [5.74, 6) is 0.268. The van der Waals surface area contributed by atoms with Crippen molar-refractivity contribution >= 4 is 11.5 Å². The van der Waals surface area contributed by atoms with Crippen LogP contribution in [0.5, 0.6) is 11.8 Å². The first-order valence-corrected chi connectivity index (χ1v) is 6.81. The van der Waals surface area contributed by atoms with E-state index in [0.717, 1.165) is 0 Å². The fourth-order valence-electron chi connectivity index (χ4n) is 1.98. The molecule has 1 aromatic heterocycles. The van der Waals surface area contributed by atoms with Crippen molar-refractivity contribution in [3.05, 3.63) is 36.0 Å². The number of hydrogen-bond acceptors (Lipinski definition) is 5. The number of halogens is 3. The minimum atomic E-state index is -4.58. The summed E-state index contributed by atoms with van der Waals surface area (Å²) in [6.45, 7) is 2.29. The molecule has 0 aliphatic rings. The van der Waals surface area contributed by atoms with Crippen LogP contribution in [0.15, 0.2) is 30.5 Å². The molecule has 8 heteroatoms. The van der Waals surface area contributed by atoms with Gasteiger partial charge in [0.05, 0.1) is 13.7 Å². The standard InChI is InChI=1S/C15H16F3N3O2/c1-4-23-11-7-5-6-10(8-11)21(2)13-12(15(16,17)18)9-19-14(20-13)22-3/h5-9H,4H2,1-3H3. The molecule has 0 atom stereocenters. The molecule has 0 spiro atoms. The Morgan fingerprint density at radius 3 is 2.61 bits per heavy atom. The van der Waals surface area contributed by atoms with Gasteiger partial charge >= 0.3 is 12.2 Å². The van der Waals surface area contributed by atoms with Crippen LogP contribution in [0.1, 0.15) is 12.5 Å². The van der Waals surface area contributed by atoms with Gasteiger partial charge in [-0.25, -0.2) is 4.98 Å². The molecule has 0 bridgehead atoms. The highest BCUT2D eigenvalue weighted by Crippen LogP contribution is 2.38. The van der Waals surface area contributed by atoms with E-state index in [1.54, 1.807) is 24.3 Å². The summed E-state index contributed by atoms with van der Waals surface area (Å²) in [5, 5.41) is 0. The molecule has 0 fully saturated rings. The number of benzene rings is 1. The minimum Gasteiger partial charge on any atom is -0.494 e. The van der Waals surface area contributed by atoms with E-state index < -0.39 is 11.7 Å². The topological polar surface area (TPSA) is 47.5 Å². The Kier molecular flexibility index (Phi) is 4.92. The van der Waals surface area contributed by atoms with Crippen molar-refractivity contribution in [3.8, 4) is 11.8 Å². The Morgan fingerprint density at radius 2 is 2.00 bits per heavy atom. The maximum absolute atomic E-state index is 13.2. The summed E-state index contributed by atoms with van der Waals surface area (Å²) in [7, 11) is 2.78. The molecule has 0 saturated heterocycles. The van der Waals surface area contributed by atoms with Crippen LogP contribution in [0.2, 0.25) is 0 Å². The second-order valence-electron chi connectivity index (χ2n) is 4.58. The van der Waals surface area contributed by atoms with Gasteiger partial charge in [-0.05, 0) is 19.1 Å². The normalized spacial score (nSPS) is 11.2. The summed E-state index contributed by atoms with van der Waals surface area (Å²) in [5.41, 5.74) is -0.440. The van der Waals surface area contributed by atoms with Crippen LogP contribution in [0.4, 0.5) is 24.7 Å². The van der Waals surface area contributed by atoms with Gasteiger partial charge in [0, 0.05) is 25.0 Å². The van der Waals surface area contributed by atoms with E-state index >= 15 is 0 Å². The lowest BCUT2D eigenvalue weighted by molar-refractivity contribution is -0.137. The third kappa shape index (κ3) is 3.82. The third-order valence-corrected chi connectivity index (χ3v) is 3.07. The Bertz CT molecular complexity index is 677. The van der Waals surface area contributed by atoms with E-state index in [4.69, 9.17) is 9.47 Å². The largest absolute Gasteiger partial charge is 0.494 e. The van der Waals surface area contributed by atoms with Crippen molar-refractivity contribution < 1.29 is 22.6 Å². The SMILES string of the molecule is CCOc1cccc(N(C)c2nc(OC)ncc2C(F)(F)F)c1. The first-order valence-electron chi connectivity index (χ1n) is 6.81. The highest BCUT2D eigenvalue weighted by Gasteiger charge is 2.36. The maximum Gasteiger partial charge on any atom is 0.421 e. The number of aromatic nitrogens is 2. The first kappa shape index (κ1) is 16.9. The van der Waals surface area contributed by atoms with Gasteiger partial charge in [0.25, 0.3) is 0 Å². The summed E-state index contributed by atoms with van der Waals surface area (Å²) in [6, 6.07) is 6.59. The number of hydrogen-bond donors (Lipinski definition) is 0. The average molecular weight is 327 g/mol. The number of methoxy groups -OCH3 is 1. The molecule has 0 saturated carbocycles. The summed E-state index contributed by atoms with van der Waals surface area (Å²) in [4.78, 5) is 8.70. The summed E-state index contributed by atoms with van der Waals surface area (Å²) >= 11 is 0. The molecule has 0 amide bonds. The summed E-state index contributed by atoms with van der Waals surface area (Å²) < 4.78 is 49.8. The lowest BCUT2D eigenvalue weighted by atomic mass is 10.2. The zero-order chi connectivity index (χ0) is 17.0. The zero-order valence-corrected chi connectivity index (χ0v) is 12.9. The van der Waals surface area contributed by atoms with Gasteiger partial charge in [-0.1, -0.05) is 6.07 Å². The number of anilines is 2. The molecule has 23 heavy (non-hydrogen) atoms. The van der Waals surface area contributed by atoms with E-state index in [0.29, 0.717) is 24.2 Å². The van der Waals surface area contributed by atoms with Crippen LogP contribution in [0, 0.1) is 0 Å². The molecule has 0 aliphatic heterocycles. The van der Waals surface area contributed by atoms with Crippen molar-refractivity contribution in [2.24, 2.45) is 0 Å². The van der Waals surface area contributed by atoms with Gasteiger partial charge in [-0.15, -0.1) is 0 Å². The molecular formula is C15H16F3N3O2. The molecule has 0 N–H and O–H groups in total. The predicted octanol–water partition coefficient (Wildman–Crippen LogP) is 3.67. The second kappa shape index (κ2) is 6.72.